The van der Waals surface area contributed by atoms with E-state index in [1.807, 2.05) is 0 Å². The summed E-state index contributed by atoms with van der Waals surface area (Å²) in [5.41, 5.74) is 0.135. The van der Waals surface area contributed by atoms with Crippen molar-refractivity contribution < 1.29 is 20.4 Å². The van der Waals surface area contributed by atoms with Crippen LogP contribution in [-0.4, -0.2) is 44.8 Å². The maximum atomic E-state index is 9.27. The molecule has 1 aliphatic carbocycles. The molecule has 4 nitrogen and oxygen atoms in total. The fraction of sp³-hybridized carbons (Fsp3) is 0.500. The molecule has 1 rings (SSSR count). The summed E-state index contributed by atoms with van der Waals surface area (Å²) in [6, 6.07) is 0. The molecule has 1 fully saturated rings. The van der Waals surface area contributed by atoms with Gasteiger partial charge < -0.3 is 20.4 Å². The average molecular weight is 172 g/mol. The van der Waals surface area contributed by atoms with Crippen molar-refractivity contribution >= 4 is 0 Å². The summed E-state index contributed by atoms with van der Waals surface area (Å²) in [4.78, 5) is 0. The molecular formula is C8H12O4. The zero-order chi connectivity index (χ0) is 9.46. The molecule has 0 saturated heterocycles. The molecule has 0 spiro atoms. The van der Waals surface area contributed by atoms with Crippen LogP contribution in [0.2, 0.25) is 0 Å². The topological polar surface area (TPSA) is 80.9 Å². The van der Waals surface area contributed by atoms with Crippen molar-refractivity contribution in [1.29, 1.82) is 0 Å². The highest BCUT2D eigenvalue weighted by molar-refractivity contribution is 5.31. The van der Waals surface area contributed by atoms with Gasteiger partial charge in [0.1, 0.15) is 24.4 Å². The fourth-order valence-electron chi connectivity index (χ4n) is 1.17. The lowest BCUT2D eigenvalue weighted by Crippen LogP contribution is -2.49. The lowest BCUT2D eigenvalue weighted by molar-refractivity contribution is -0.0579. The second-order valence-corrected chi connectivity index (χ2v) is 2.93. The Morgan fingerprint density at radius 2 is 1.17 bits per heavy atom. The Bertz CT molecular complexity index is 201. The summed E-state index contributed by atoms with van der Waals surface area (Å²) < 4.78 is 0. The first-order chi connectivity index (χ1) is 5.46. The van der Waals surface area contributed by atoms with Crippen LogP contribution in [0.1, 0.15) is 0 Å². The Morgan fingerprint density at radius 1 is 0.833 bits per heavy atom. The molecule has 1 saturated carbocycles. The zero-order valence-corrected chi connectivity index (χ0v) is 6.51. The molecule has 0 bridgehead atoms. The molecular weight excluding hydrogens is 160 g/mol. The van der Waals surface area contributed by atoms with E-state index in [1.165, 1.54) is 0 Å². The van der Waals surface area contributed by atoms with Crippen LogP contribution in [0.3, 0.4) is 0 Å². The normalized spacial score (nSPS) is 43.3. The summed E-state index contributed by atoms with van der Waals surface area (Å²) in [6.07, 6.45) is -5.06. The van der Waals surface area contributed by atoms with Crippen LogP contribution in [0.15, 0.2) is 24.3 Å². The van der Waals surface area contributed by atoms with Crippen LogP contribution < -0.4 is 0 Å². The first kappa shape index (κ1) is 9.41. The molecule has 1 aliphatic rings. The Kier molecular flexibility index (Phi) is 2.34. The van der Waals surface area contributed by atoms with Crippen molar-refractivity contribution in [2.45, 2.75) is 24.4 Å². The summed E-state index contributed by atoms with van der Waals surface area (Å²) in [5.74, 6) is 0. The van der Waals surface area contributed by atoms with E-state index in [9.17, 15) is 20.4 Å². The lowest BCUT2D eigenvalue weighted by Gasteiger charge is -2.35. The smallest absolute Gasteiger partial charge is 0.114 e. The molecule has 68 valence electrons. The number of aliphatic hydroxyl groups excluding tert-OH is 4. The van der Waals surface area contributed by atoms with E-state index in [4.69, 9.17) is 0 Å². The molecule has 12 heavy (non-hydrogen) atoms. The largest absolute Gasteiger partial charge is 0.387 e. The van der Waals surface area contributed by atoms with Gasteiger partial charge in [0.15, 0.2) is 0 Å². The number of hydrogen-bond donors (Lipinski definition) is 4. The van der Waals surface area contributed by atoms with Crippen molar-refractivity contribution in [3.8, 4) is 0 Å². The van der Waals surface area contributed by atoms with Gasteiger partial charge in [-0.05, 0) is 11.1 Å². The van der Waals surface area contributed by atoms with E-state index in [2.05, 4.69) is 13.2 Å². The van der Waals surface area contributed by atoms with Crippen molar-refractivity contribution in [2.24, 2.45) is 0 Å². The van der Waals surface area contributed by atoms with Crippen LogP contribution in [-0.2, 0) is 0 Å². The van der Waals surface area contributed by atoms with Crippen LogP contribution in [0, 0.1) is 0 Å². The number of aliphatic hydroxyl groups is 4. The molecule has 0 aromatic heterocycles. The molecule has 0 aliphatic heterocycles. The van der Waals surface area contributed by atoms with Crippen LogP contribution in [0.4, 0.5) is 0 Å². The summed E-state index contributed by atoms with van der Waals surface area (Å²) in [7, 11) is 0. The Hall–Kier alpha value is -0.680. The second-order valence-electron chi connectivity index (χ2n) is 2.93. The first-order valence-electron chi connectivity index (χ1n) is 3.56. The predicted octanol–water partition coefficient (Wildman–Crippen LogP) is -1.44. The van der Waals surface area contributed by atoms with Gasteiger partial charge in [0, 0.05) is 0 Å². The average Bonchev–Trinajstić information content (AvgIpc) is 2.08. The van der Waals surface area contributed by atoms with Gasteiger partial charge in [0.05, 0.1) is 0 Å². The van der Waals surface area contributed by atoms with E-state index < -0.39 is 24.4 Å². The molecule has 4 heteroatoms. The Balaban J connectivity index is 2.91. The van der Waals surface area contributed by atoms with Crippen LogP contribution in [0.5, 0.6) is 0 Å². The minimum Gasteiger partial charge on any atom is -0.387 e. The van der Waals surface area contributed by atoms with Crippen molar-refractivity contribution in [3.05, 3.63) is 24.3 Å². The van der Waals surface area contributed by atoms with Gasteiger partial charge in [-0.15, -0.1) is 0 Å². The van der Waals surface area contributed by atoms with E-state index in [-0.39, 0.29) is 11.1 Å². The molecule has 0 heterocycles. The van der Waals surface area contributed by atoms with Gasteiger partial charge in [0.2, 0.25) is 0 Å². The molecule has 0 radical (unpaired) electrons. The number of rotatable bonds is 0. The highest BCUT2D eigenvalue weighted by Gasteiger charge is 2.39. The third-order valence-corrected chi connectivity index (χ3v) is 2.11. The summed E-state index contributed by atoms with van der Waals surface area (Å²) >= 11 is 0. The van der Waals surface area contributed by atoms with Gasteiger partial charge in [0.25, 0.3) is 0 Å². The van der Waals surface area contributed by atoms with E-state index in [1.54, 1.807) is 0 Å². The third kappa shape index (κ3) is 1.19. The van der Waals surface area contributed by atoms with Crippen molar-refractivity contribution in [2.75, 3.05) is 0 Å². The molecule has 4 atom stereocenters. The van der Waals surface area contributed by atoms with Gasteiger partial charge in [-0.2, -0.15) is 0 Å². The van der Waals surface area contributed by atoms with Gasteiger partial charge in [-0.3, -0.25) is 0 Å². The third-order valence-electron chi connectivity index (χ3n) is 2.11. The van der Waals surface area contributed by atoms with Crippen molar-refractivity contribution in [3.63, 3.8) is 0 Å². The molecule has 0 amide bonds. The number of hydrogen-bond acceptors (Lipinski definition) is 4. The molecule has 4 N–H and O–H groups in total. The van der Waals surface area contributed by atoms with Gasteiger partial charge >= 0.3 is 0 Å². The van der Waals surface area contributed by atoms with Crippen LogP contribution in [0.25, 0.3) is 0 Å². The van der Waals surface area contributed by atoms with E-state index >= 15 is 0 Å². The molecule has 2 unspecified atom stereocenters. The molecule has 0 aromatic carbocycles. The SMILES string of the molecule is C=C1C(O)C(=C)[C@H](O)C(O)[C@@H]1O. The van der Waals surface area contributed by atoms with E-state index in [0.29, 0.717) is 0 Å². The van der Waals surface area contributed by atoms with E-state index in [0.717, 1.165) is 0 Å². The highest BCUT2D eigenvalue weighted by atomic mass is 16.4. The Labute approximate surface area is 70.1 Å². The lowest BCUT2D eigenvalue weighted by atomic mass is 9.83. The summed E-state index contributed by atoms with van der Waals surface area (Å²) in [5, 5.41) is 36.8. The predicted molar refractivity (Wildman–Crippen MR) is 42.3 cm³/mol. The zero-order valence-electron chi connectivity index (χ0n) is 6.51. The monoisotopic (exact) mass is 172 g/mol. The quantitative estimate of drug-likeness (QED) is 0.337. The second kappa shape index (κ2) is 2.99. The minimum atomic E-state index is -1.34. The molecule has 0 aromatic rings. The Morgan fingerprint density at radius 3 is 1.50 bits per heavy atom. The minimum absolute atomic E-state index is 0.0674. The standard InChI is InChI=1S/C8H12O4/c1-3-5(9)4(2)7(11)8(12)6(3)10/h5-12H,1-2H2/t5?,6-,7+,8?. The maximum Gasteiger partial charge on any atom is 0.114 e. The highest BCUT2D eigenvalue weighted by Crippen LogP contribution is 2.27. The first-order valence-corrected chi connectivity index (χ1v) is 3.56. The van der Waals surface area contributed by atoms with Gasteiger partial charge in [-0.1, -0.05) is 13.2 Å². The maximum absolute atomic E-state index is 9.27. The summed E-state index contributed by atoms with van der Waals surface area (Å²) in [6.45, 7) is 6.76. The van der Waals surface area contributed by atoms with Gasteiger partial charge in [-0.25, -0.2) is 0 Å². The van der Waals surface area contributed by atoms with Crippen LogP contribution >= 0.6 is 0 Å². The van der Waals surface area contributed by atoms with Crippen molar-refractivity contribution in [1.82, 2.24) is 0 Å². The fourth-order valence-corrected chi connectivity index (χ4v) is 1.17.